The molecule has 0 unspecified atom stereocenters. The van der Waals surface area contributed by atoms with Gasteiger partial charge in [-0.25, -0.2) is 12.7 Å². The highest BCUT2D eigenvalue weighted by Gasteiger charge is 2.30. The van der Waals surface area contributed by atoms with Gasteiger partial charge in [0.05, 0.1) is 18.2 Å². The number of amides is 1. The normalized spacial score (nSPS) is 23.4. The first-order valence-corrected chi connectivity index (χ1v) is 12.2. The van der Waals surface area contributed by atoms with E-state index >= 15 is 0 Å². The minimum atomic E-state index is -3.24. The van der Waals surface area contributed by atoms with Crippen molar-refractivity contribution in [2.75, 3.05) is 37.3 Å². The molecule has 2 heterocycles. The minimum absolute atomic E-state index is 0.0602. The molecule has 0 bridgehead atoms. The van der Waals surface area contributed by atoms with E-state index in [4.69, 9.17) is 0 Å². The van der Waals surface area contributed by atoms with Crippen molar-refractivity contribution >= 4 is 21.6 Å². The fourth-order valence-corrected chi connectivity index (χ4v) is 5.02. The average molecular weight is 408 g/mol. The van der Waals surface area contributed by atoms with Crippen LogP contribution in [0.1, 0.15) is 51.1 Å². The van der Waals surface area contributed by atoms with Gasteiger partial charge < -0.3 is 10.2 Å². The lowest BCUT2D eigenvalue weighted by Gasteiger charge is -2.32. The van der Waals surface area contributed by atoms with Crippen LogP contribution < -0.4 is 10.2 Å². The van der Waals surface area contributed by atoms with Gasteiger partial charge in [-0.3, -0.25) is 4.79 Å². The zero-order valence-corrected chi connectivity index (χ0v) is 18.0. The van der Waals surface area contributed by atoms with Gasteiger partial charge in [0, 0.05) is 31.9 Å². The highest BCUT2D eigenvalue weighted by Crippen LogP contribution is 2.25. The second-order valence-corrected chi connectivity index (χ2v) is 10.4. The Morgan fingerprint density at radius 3 is 2.36 bits per heavy atom. The SMILES string of the molecule is CC1CCN(c2ccc([C@@H](C)NC(=O)[C@H]3CCCN(S(C)(=O)=O)C3)cc2)CC1. The van der Waals surface area contributed by atoms with E-state index in [0.29, 0.717) is 6.54 Å². The Hall–Kier alpha value is -1.60. The number of rotatable bonds is 5. The fourth-order valence-electron chi connectivity index (χ4n) is 4.11. The zero-order valence-electron chi connectivity index (χ0n) is 17.2. The van der Waals surface area contributed by atoms with Crippen LogP contribution >= 0.6 is 0 Å². The predicted octanol–water partition coefficient (Wildman–Crippen LogP) is 2.77. The van der Waals surface area contributed by atoms with Crippen molar-refractivity contribution in [2.45, 2.75) is 45.6 Å². The molecule has 1 N–H and O–H groups in total. The summed E-state index contributed by atoms with van der Waals surface area (Å²) in [5, 5.41) is 3.07. The Morgan fingerprint density at radius 1 is 1.11 bits per heavy atom. The Bertz CT molecular complexity index is 771. The number of piperidine rings is 2. The third kappa shape index (κ3) is 5.26. The quantitative estimate of drug-likeness (QED) is 0.815. The Balaban J connectivity index is 1.56. The van der Waals surface area contributed by atoms with E-state index in [-0.39, 0.29) is 24.4 Å². The van der Waals surface area contributed by atoms with Crippen molar-refractivity contribution in [3.05, 3.63) is 29.8 Å². The molecule has 2 atom stereocenters. The minimum Gasteiger partial charge on any atom is -0.372 e. The molecule has 0 spiro atoms. The number of carbonyl (C=O) groups is 1. The standard InChI is InChI=1S/C21H33N3O3S/c1-16-10-13-23(14-11-16)20-8-6-18(7-9-20)17(2)22-21(25)19-5-4-12-24(15-19)28(3,26)27/h6-9,16-17,19H,4-5,10-15H2,1-3H3,(H,22,25)/t17-,19+/m1/s1. The third-order valence-electron chi connectivity index (χ3n) is 6.12. The second kappa shape index (κ2) is 8.82. The predicted molar refractivity (Wildman–Crippen MR) is 113 cm³/mol. The number of hydrogen-bond donors (Lipinski definition) is 1. The summed E-state index contributed by atoms with van der Waals surface area (Å²) in [6, 6.07) is 8.35. The molecule has 6 nitrogen and oxygen atoms in total. The average Bonchev–Trinajstić information content (AvgIpc) is 2.68. The summed E-state index contributed by atoms with van der Waals surface area (Å²) in [6.07, 6.45) is 5.14. The van der Waals surface area contributed by atoms with Gasteiger partial charge in [0.15, 0.2) is 0 Å². The van der Waals surface area contributed by atoms with E-state index < -0.39 is 10.0 Å². The van der Waals surface area contributed by atoms with Gasteiger partial charge in [0.25, 0.3) is 0 Å². The second-order valence-electron chi connectivity index (χ2n) is 8.45. The zero-order chi connectivity index (χ0) is 20.3. The number of sulfonamides is 1. The van der Waals surface area contributed by atoms with Crippen molar-refractivity contribution in [1.29, 1.82) is 0 Å². The molecule has 2 saturated heterocycles. The molecule has 0 saturated carbocycles. The monoisotopic (exact) mass is 407 g/mol. The maximum absolute atomic E-state index is 12.7. The summed E-state index contributed by atoms with van der Waals surface area (Å²) >= 11 is 0. The molecule has 1 amide bonds. The van der Waals surface area contributed by atoms with Gasteiger partial charge in [-0.2, -0.15) is 0 Å². The summed E-state index contributed by atoms with van der Waals surface area (Å²) in [7, 11) is -3.24. The van der Waals surface area contributed by atoms with Gasteiger partial charge in [-0.05, 0) is 56.2 Å². The Labute approximate surface area is 169 Å². The van der Waals surface area contributed by atoms with Crippen molar-refractivity contribution in [3.63, 3.8) is 0 Å². The van der Waals surface area contributed by atoms with Crippen molar-refractivity contribution < 1.29 is 13.2 Å². The van der Waals surface area contributed by atoms with Crippen molar-refractivity contribution in [2.24, 2.45) is 11.8 Å². The summed E-state index contributed by atoms with van der Waals surface area (Å²) in [6.45, 7) is 7.29. The molecule has 1 aromatic carbocycles. The smallest absolute Gasteiger partial charge is 0.224 e. The number of anilines is 1. The molecule has 7 heteroatoms. The molecule has 0 aliphatic carbocycles. The van der Waals surface area contributed by atoms with Gasteiger partial charge >= 0.3 is 0 Å². The lowest BCUT2D eigenvalue weighted by atomic mass is 9.97. The third-order valence-corrected chi connectivity index (χ3v) is 7.39. The van der Waals surface area contributed by atoms with Gasteiger partial charge in [0.2, 0.25) is 15.9 Å². The fraction of sp³-hybridized carbons (Fsp3) is 0.667. The largest absolute Gasteiger partial charge is 0.372 e. The highest BCUT2D eigenvalue weighted by molar-refractivity contribution is 7.88. The van der Waals surface area contributed by atoms with Crippen molar-refractivity contribution in [1.82, 2.24) is 9.62 Å². The molecule has 1 aromatic rings. The van der Waals surface area contributed by atoms with Crippen LogP contribution in [0.5, 0.6) is 0 Å². The molecule has 0 radical (unpaired) electrons. The lowest BCUT2D eigenvalue weighted by molar-refractivity contribution is -0.126. The van der Waals surface area contributed by atoms with Gasteiger partial charge in [-0.15, -0.1) is 0 Å². The molecule has 3 rings (SSSR count). The van der Waals surface area contributed by atoms with Crippen LogP contribution in [-0.4, -0.2) is 51.1 Å². The number of hydrogen-bond acceptors (Lipinski definition) is 4. The summed E-state index contributed by atoms with van der Waals surface area (Å²) in [4.78, 5) is 15.1. The molecular weight excluding hydrogens is 374 g/mol. The van der Waals surface area contributed by atoms with Crippen molar-refractivity contribution in [3.8, 4) is 0 Å². The highest BCUT2D eigenvalue weighted by atomic mass is 32.2. The van der Waals surface area contributed by atoms with Crippen LogP contribution in [-0.2, 0) is 14.8 Å². The maximum Gasteiger partial charge on any atom is 0.224 e. The van der Waals surface area contributed by atoms with Crippen LogP contribution in [0.15, 0.2) is 24.3 Å². The molecule has 2 fully saturated rings. The van der Waals surface area contributed by atoms with Crippen LogP contribution in [0, 0.1) is 11.8 Å². The lowest BCUT2D eigenvalue weighted by Crippen LogP contribution is -2.45. The summed E-state index contributed by atoms with van der Waals surface area (Å²) < 4.78 is 25.0. The van der Waals surface area contributed by atoms with Crippen LogP contribution in [0.25, 0.3) is 0 Å². The summed E-state index contributed by atoms with van der Waals surface area (Å²) in [5.74, 6) is 0.472. The molecule has 2 aliphatic heterocycles. The van der Waals surface area contributed by atoms with Crippen LogP contribution in [0.2, 0.25) is 0 Å². The van der Waals surface area contributed by atoms with E-state index in [9.17, 15) is 13.2 Å². The molecule has 2 aliphatic rings. The first-order valence-electron chi connectivity index (χ1n) is 10.3. The molecule has 156 valence electrons. The van der Waals surface area contributed by atoms with Crippen LogP contribution in [0.3, 0.4) is 0 Å². The Kier molecular flexibility index (Phi) is 6.65. The van der Waals surface area contributed by atoms with Gasteiger partial charge in [0.1, 0.15) is 0 Å². The number of benzene rings is 1. The van der Waals surface area contributed by atoms with E-state index in [1.54, 1.807) is 0 Å². The first kappa shape index (κ1) is 21.1. The van der Waals surface area contributed by atoms with E-state index in [2.05, 4.69) is 41.4 Å². The molecule has 28 heavy (non-hydrogen) atoms. The Morgan fingerprint density at radius 2 is 1.75 bits per heavy atom. The molecular formula is C21H33N3O3S. The number of nitrogens with zero attached hydrogens (tertiary/aromatic N) is 2. The summed E-state index contributed by atoms with van der Waals surface area (Å²) in [5.41, 5.74) is 2.31. The van der Waals surface area contributed by atoms with Crippen LogP contribution in [0.4, 0.5) is 5.69 Å². The van der Waals surface area contributed by atoms with E-state index in [1.165, 1.54) is 29.1 Å². The first-order chi connectivity index (χ1) is 13.2. The topological polar surface area (TPSA) is 69.7 Å². The molecule has 0 aromatic heterocycles. The number of carbonyl (C=O) groups excluding carboxylic acids is 1. The number of nitrogens with one attached hydrogen (secondary N) is 1. The maximum atomic E-state index is 12.7. The van der Waals surface area contributed by atoms with Gasteiger partial charge in [-0.1, -0.05) is 19.1 Å². The van der Waals surface area contributed by atoms with E-state index in [1.807, 2.05) is 6.92 Å². The van der Waals surface area contributed by atoms with E-state index in [0.717, 1.165) is 37.4 Å².